The van der Waals surface area contributed by atoms with Crippen molar-refractivity contribution >= 4 is 57.3 Å². The van der Waals surface area contributed by atoms with Crippen LogP contribution in [-0.4, -0.2) is 132 Å². The molecule has 0 radical (unpaired) electrons. The molecule has 5 aliphatic heterocycles. The lowest BCUT2D eigenvalue weighted by Crippen LogP contribution is -2.51. The Bertz CT molecular complexity index is 2550. The summed E-state index contributed by atoms with van der Waals surface area (Å²) in [5, 5.41) is 10.5. The Morgan fingerprint density at radius 3 is 2.23 bits per heavy atom. The second-order valence-corrected chi connectivity index (χ2v) is 16.4. The number of anilines is 5. The number of aromatic nitrogens is 3. The number of nitrogens with zero attached hydrogens (tertiary/aromatic N) is 8. The number of ether oxygens (including phenoxy) is 1. The Morgan fingerprint density at radius 2 is 1.49 bits per heavy atom. The number of hydrogen-bond acceptors (Lipinski definition) is 13. The Kier molecular flexibility index (Phi) is 10.2. The number of pyridine rings is 1. The molecule has 0 bridgehead atoms. The largest absolute Gasteiger partial charge is 0.474 e. The first-order valence-corrected chi connectivity index (χ1v) is 21.2. The molecule has 1 atom stereocenters. The van der Waals surface area contributed by atoms with E-state index < -0.39 is 17.9 Å². The molecule has 0 saturated carbocycles. The molecule has 3 N–H and O–H groups in total. The number of carbonyl (C=O) groups is 3. The van der Waals surface area contributed by atoms with Crippen LogP contribution in [0.25, 0.3) is 22.0 Å². The number of piperazine rings is 2. The van der Waals surface area contributed by atoms with Crippen LogP contribution in [-0.2, 0) is 4.79 Å². The first-order chi connectivity index (χ1) is 29.8. The van der Waals surface area contributed by atoms with Gasteiger partial charge in [-0.25, -0.2) is 15.0 Å². The van der Waals surface area contributed by atoms with Gasteiger partial charge in [-0.2, -0.15) is 0 Å². The quantitative estimate of drug-likeness (QED) is 0.174. The molecule has 15 heteroatoms. The molecular formula is C46H49N11O4. The average Bonchev–Trinajstić information content (AvgIpc) is 3.54. The third-order valence-corrected chi connectivity index (χ3v) is 12.7. The molecule has 5 aromatic rings. The van der Waals surface area contributed by atoms with Crippen molar-refractivity contribution in [3.05, 3.63) is 102 Å². The van der Waals surface area contributed by atoms with Crippen LogP contribution in [0, 0.1) is 6.92 Å². The van der Waals surface area contributed by atoms with Crippen LogP contribution in [0.2, 0.25) is 0 Å². The van der Waals surface area contributed by atoms with Gasteiger partial charge in [0, 0.05) is 118 Å². The number of rotatable bonds is 9. The van der Waals surface area contributed by atoms with Gasteiger partial charge in [-0.05, 0) is 79.4 Å². The van der Waals surface area contributed by atoms with Gasteiger partial charge in [0.15, 0.2) is 0 Å². The number of benzene rings is 3. The topological polar surface area (TPSA) is 151 Å². The zero-order valence-electron chi connectivity index (χ0n) is 34.3. The van der Waals surface area contributed by atoms with Crippen molar-refractivity contribution < 1.29 is 19.1 Å². The number of hydrogen-bond donors (Lipinski definition) is 3. The van der Waals surface area contributed by atoms with Gasteiger partial charge in [0.05, 0.1) is 16.6 Å². The monoisotopic (exact) mass is 819 g/mol. The van der Waals surface area contributed by atoms with Gasteiger partial charge in [0.25, 0.3) is 11.8 Å². The molecule has 1 unspecified atom stereocenters. The second-order valence-electron chi connectivity index (χ2n) is 16.4. The lowest BCUT2D eigenvalue weighted by Gasteiger charge is -2.39. The third-order valence-electron chi connectivity index (χ3n) is 12.7. The number of nitrogens with one attached hydrogen (secondary N) is 3. The van der Waals surface area contributed by atoms with E-state index in [9.17, 15) is 14.4 Å². The highest BCUT2D eigenvalue weighted by Crippen LogP contribution is 2.36. The van der Waals surface area contributed by atoms with Crippen molar-refractivity contribution in [2.75, 3.05) is 99.0 Å². The van der Waals surface area contributed by atoms with E-state index in [2.05, 4.69) is 101 Å². The van der Waals surface area contributed by atoms with Crippen molar-refractivity contribution in [3.63, 3.8) is 0 Å². The van der Waals surface area contributed by atoms with E-state index in [0.29, 0.717) is 48.1 Å². The van der Waals surface area contributed by atoms with Crippen LogP contribution in [0.4, 0.5) is 28.7 Å². The summed E-state index contributed by atoms with van der Waals surface area (Å²) in [5.41, 5.74) is 9.43. The summed E-state index contributed by atoms with van der Waals surface area (Å²) in [6.07, 6.45) is 4.66. The second kappa shape index (κ2) is 16.1. The van der Waals surface area contributed by atoms with Crippen molar-refractivity contribution in [1.82, 2.24) is 35.0 Å². The van der Waals surface area contributed by atoms with Gasteiger partial charge < -0.3 is 30.5 Å². The number of imide groups is 1. The molecule has 0 spiro atoms. The van der Waals surface area contributed by atoms with Crippen LogP contribution in [0.15, 0.2) is 85.3 Å². The minimum absolute atomic E-state index is 0.350. The Labute approximate surface area is 354 Å². The normalized spacial score (nSPS) is 19.7. The van der Waals surface area contributed by atoms with Crippen LogP contribution in [0.1, 0.15) is 39.1 Å². The van der Waals surface area contributed by atoms with Crippen molar-refractivity contribution in [3.8, 4) is 17.0 Å². The lowest BCUT2D eigenvalue weighted by atomic mass is 10.00. The molecule has 0 aliphatic carbocycles. The zero-order valence-corrected chi connectivity index (χ0v) is 34.3. The number of amides is 3. The van der Waals surface area contributed by atoms with E-state index >= 15 is 0 Å². The van der Waals surface area contributed by atoms with E-state index in [0.717, 1.165) is 122 Å². The van der Waals surface area contributed by atoms with Crippen molar-refractivity contribution in [2.45, 2.75) is 25.8 Å². The van der Waals surface area contributed by atoms with Crippen LogP contribution in [0.3, 0.4) is 0 Å². The zero-order chi connectivity index (χ0) is 41.6. The molecule has 61 heavy (non-hydrogen) atoms. The predicted octanol–water partition coefficient (Wildman–Crippen LogP) is 4.88. The van der Waals surface area contributed by atoms with Gasteiger partial charge in [0.2, 0.25) is 17.7 Å². The Balaban J connectivity index is 0.686. The molecule has 312 valence electrons. The van der Waals surface area contributed by atoms with E-state index in [-0.39, 0.29) is 5.91 Å². The molecule has 5 aliphatic rings. The number of piperidine rings is 1. The molecule has 3 fully saturated rings. The lowest BCUT2D eigenvalue weighted by molar-refractivity contribution is -0.125. The highest BCUT2D eigenvalue weighted by Gasteiger charge is 2.44. The van der Waals surface area contributed by atoms with E-state index in [1.165, 1.54) is 5.69 Å². The fourth-order valence-corrected chi connectivity index (χ4v) is 9.13. The van der Waals surface area contributed by atoms with Gasteiger partial charge in [-0.1, -0.05) is 18.7 Å². The molecule has 2 aromatic heterocycles. The highest BCUT2D eigenvalue weighted by atomic mass is 16.5. The van der Waals surface area contributed by atoms with Gasteiger partial charge in [-0.15, -0.1) is 0 Å². The molecule has 3 aromatic carbocycles. The summed E-state index contributed by atoms with van der Waals surface area (Å²) in [6.45, 7) is 16.8. The maximum atomic E-state index is 13.4. The fourth-order valence-electron chi connectivity index (χ4n) is 9.13. The average molecular weight is 820 g/mol. The van der Waals surface area contributed by atoms with E-state index in [4.69, 9.17) is 9.72 Å². The first kappa shape index (κ1) is 38.6. The van der Waals surface area contributed by atoms with Gasteiger partial charge in [0.1, 0.15) is 18.3 Å². The number of allylic oxidation sites excluding steroid dienone is 1. The summed E-state index contributed by atoms with van der Waals surface area (Å²) in [4.78, 5) is 64.1. The predicted molar refractivity (Wildman–Crippen MR) is 236 cm³/mol. The smallest absolute Gasteiger partial charge is 0.262 e. The third kappa shape index (κ3) is 7.59. The summed E-state index contributed by atoms with van der Waals surface area (Å²) in [5.74, 6) is 0.0569. The fraction of sp³-hybridized carbons (Fsp3) is 0.348. The van der Waals surface area contributed by atoms with Gasteiger partial charge >= 0.3 is 0 Å². The van der Waals surface area contributed by atoms with Crippen LogP contribution < -0.4 is 30.5 Å². The number of carbonyl (C=O) groups excluding carboxylic acids is 3. The minimum Gasteiger partial charge on any atom is -0.474 e. The molecular weight excluding hydrogens is 771 g/mol. The standard InChI is InChI=1S/C46H49N11O4/c1-29-3-12-40(42(58)50-29)57-44(59)36-11-10-35(26-37(36)45(57)60)56-22-18-54(19-23-56)15-14-53-16-20-55(21-17-53)34-8-6-33(7-9-34)51-46-49-27-32-5-4-31(25-39(32)52-46)38-28-48-43-41(30(38)2)47-13-24-61-43/h4-11,25-28,40,47H,1,3,12-24H2,2H3,(H,50,58)(H,49,51,52). The Morgan fingerprint density at radius 1 is 0.787 bits per heavy atom. The molecule has 10 rings (SSSR count). The van der Waals surface area contributed by atoms with Crippen LogP contribution in [0.5, 0.6) is 5.88 Å². The Hall–Kier alpha value is -6.58. The molecule has 3 saturated heterocycles. The molecule has 7 heterocycles. The van der Waals surface area contributed by atoms with E-state index in [1.54, 1.807) is 6.07 Å². The van der Waals surface area contributed by atoms with Crippen LogP contribution >= 0.6 is 0 Å². The number of fused-ring (bicyclic) bond motifs is 3. The summed E-state index contributed by atoms with van der Waals surface area (Å²) >= 11 is 0. The maximum absolute atomic E-state index is 13.4. The van der Waals surface area contributed by atoms with Crippen molar-refractivity contribution in [2.24, 2.45) is 0 Å². The highest BCUT2D eigenvalue weighted by molar-refractivity contribution is 6.23. The van der Waals surface area contributed by atoms with Gasteiger partial charge in [-0.3, -0.25) is 29.1 Å². The first-order valence-electron chi connectivity index (χ1n) is 21.2. The maximum Gasteiger partial charge on any atom is 0.262 e. The minimum atomic E-state index is -0.805. The summed E-state index contributed by atoms with van der Waals surface area (Å²) < 4.78 is 5.72. The molecule has 15 nitrogen and oxygen atoms in total. The summed E-state index contributed by atoms with van der Waals surface area (Å²) in [6, 6.07) is 19.4. The summed E-state index contributed by atoms with van der Waals surface area (Å²) in [7, 11) is 0. The van der Waals surface area contributed by atoms with Crippen molar-refractivity contribution in [1.29, 1.82) is 0 Å². The SMILES string of the molecule is C=C1CCC(N2C(=O)c3ccc(N4CCN(CCN5CCN(c6ccc(Nc7ncc8ccc(-c9cnc%10c(c9C)NCCO%10)cc8n7)cc6)CC5)CC4)cc3C2=O)C(=O)N1. The molecule has 3 amide bonds. The van der Waals surface area contributed by atoms with E-state index in [1.807, 2.05) is 24.5 Å².